The molecule has 0 saturated heterocycles. The van der Waals surface area contributed by atoms with E-state index >= 15 is 0 Å². The fourth-order valence-electron chi connectivity index (χ4n) is 12.1. The summed E-state index contributed by atoms with van der Waals surface area (Å²) in [5.74, 6) is 0.153. The molecule has 0 rings (SSSR count). The molecule has 0 fully saturated rings. The van der Waals surface area contributed by atoms with E-state index in [0.717, 1.165) is 114 Å². The van der Waals surface area contributed by atoms with E-state index in [0.29, 0.717) is 25.7 Å². The molecule has 3 N–H and O–H groups in total. The third-order valence-electron chi connectivity index (χ3n) is 19.1. The van der Waals surface area contributed by atoms with Crippen molar-refractivity contribution in [1.29, 1.82) is 0 Å². The highest BCUT2D eigenvalue weighted by Crippen LogP contribution is 2.45. The van der Waals surface area contributed by atoms with E-state index in [1.807, 2.05) is 0 Å². The topological polar surface area (TPSA) is 237 Å². The standard InChI is InChI=1S/C79H154O17P2/c1-8-11-12-13-14-15-16-17-18-21-25-28-31-34-37-46-53-60-76(81)89-66-74(95-78(83)62-55-48-38-35-32-29-26-23-20-19-22-24-27-30-33-36-43-50-57-70(4)5)68-93-97(85,86)91-64-73(80)65-92-98(87,88)94-69-75(96-79(84)63-56-49-42-40-45-52-59-72(7)10-3)67-90-77(82)61-54-47-41-39-44-51-58-71(6)9-2/h70-75,80H,8-69H2,1-7H3,(H,85,86)(H,87,88)/t71?,72?,73-,74-,75-/m1/s1. The van der Waals surface area contributed by atoms with Crippen LogP contribution in [0.2, 0.25) is 0 Å². The van der Waals surface area contributed by atoms with E-state index in [2.05, 4.69) is 48.5 Å². The smallest absolute Gasteiger partial charge is 0.462 e. The second-order valence-corrected chi connectivity index (χ2v) is 32.3. The Kier molecular flexibility index (Phi) is 68.1. The monoisotopic (exact) mass is 1440 g/mol. The maximum Gasteiger partial charge on any atom is 0.472 e. The van der Waals surface area contributed by atoms with Crippen LogP contribution in [-0.4, -0.2) is 96.7 Å². The number of aliphatic hydroxyl groups is 1. The Morgan fingerprint density at radius 1 is 0.296 bits per heavy atom. The van der Waals surface area contributed by atoms with Crippen LogP contribution in [0.3, 0.4) is 0 Å². The van der Waals surface area contributed by atoms with Gasteiger partial charge in [0.1, 0.15) is 19.3 Å². The Labute approximate surface area is 600 Å². The molecular formula is C79H154O17P2. The van der Waals surface area contributed by atoms with E-state index in [4.69, 9.17) is 37.0 Å². The van der Waals surface area contributed by atoms with Crippen LogP contribution in [0.25, 0.3) is 0 Å². The highest BCUT2D eigenvalue weighted by atomic mass is 31.2. The maximum atomic E-state index is 13.1. The summed E-state index contributed by atoms with van der Waals surface area (Å²) in [6.07, 6.45) is 57.1. The Balaban J connectivity index is 5.20. The van der Waals surface area contributed by atoms with Crippen molar-refractivity contribution in [3.63, 3.8) is 0 Å². The number of ether oxygens (including phenoxy) is 4. The van der Waals surface area contributed by atoms with Crippen LogP contribution in [0.5, 0.6) is 0 Å². The summed E-state index contributed by atoms with van der Waals surface area (Å²) in [5, 5.41) is 10.6. The molecule has 0 bridgehead atoms. The molecule has 0 aromatic carbocycles. The number of phosphoric ester groups is 2. The summed E-state index contributed by atoms with van der Waals surface area (Å²) in [6, 6.07) is 0. The first-order valence-electron chi connectivity index (χ1n) is 40.9. The lowest BCUT2D eigenvalue weighted by Gasteiger charge is -2.21. The van der Waals surface area contributed by atoms with Crippen LogP contribution in [0, 0.1) is 17.8 Å². The van der Waals surface area contributed by atoms with Crippen LogP contribution in [0.15, 0.2) is 0 Å². The van der Waals surface area contributed by atoms with Gasteiger partial charge in [-0.3, -0.25) is 37.3 Å². The van der Waals surface area contributed by atoms with Crippen molar-refractivity contribution in [3.8, 4) is 0 Å². The zero-order chi connectivity index (χ0) is 72.3. The van der Waals surface area contributed by atoms with Gasteiger partial charge in [-0.1, -0.05) is 357 Å². The van der Waals surface area contributed by atoms with Crippen LogP contribution >= 0.6 is 15.6 Å². The maximum absolute atomic E-state index is 13.1. The number of hydrogen-bond acceptors (Lipinski definition) is 15. The van der Waals surface area contributed by atoms with E-state index in [1.165, 1.54) is 212 Å². The summed E-state index contributed by atoms with van der Waals surface area (Å²) in [6.45, 7) is 11.9. The summed E-state index contributed by atoms with van der Waals surface area (Å²) < 4.78 is 68.6. The SMILES string of the molecule is CCCCCCCCCCCCCCCCCCCC(=O)OC[C@H](COP(=O)(O)OC[C@@H](O)COP(=O)(O)OC[C@@H](COC(=O)CCCCCCCCC(C)CC)OC(=O)CCCCCCCCC(C)CC)OC(=O)CCCCCCCCCCCCCCCCCCCCC(C)C. The van der Waals surface area contributed by atoms with Crippen LogP contribution in [-0.2, 0) is 65.4 Å². The van der Waals surface area contributed by atoms with Gasteiger partial charge >= 0.3 is 39.5 Å². The number of carbonyl (C=O) groups is 4. The third-order valence-corrected chi connectivity index (χ3v) is 21.0. The molecule has 0 saturated carbocycles. The first kappa shape index (κ1) is 96.1. The molecular weight excluding hydrogens is 1280 g/mol. The highest BCUT2D eigenvalue weighted by Gasteiger charge is 2.30. The van der Waals surface area contributed by atoms with E-state index < -0.39 is 97.5 Å². The van der Waals surface area contributed by atoms with Gasteiger partial charge in [0.2, 0.25) is 0 Å². The molecule has 0 aromatic rings. The zero-order valence-electron chi connectivity index (χ0n) is 64.3. The predicted molar refractivity (Wildman–Crippen MR) is 400 cm³/mol. The minimum Gasteiger partial charge on any atom is -0.462 e. The lowest BCUT2D eigenvalue weighted by atomic mass is 10.00. The fourth-order valence-corrected chi connectivity index (χ4v) is 13.6. The number of carbonyl (C=O) groups excluding carboxylic acids is 4. The molecule has 0 heterocycles. The second kappa shape index (κ2) is 69.4. The van der Waals surface area contributed by atoms with Crippen molar-refractivity contribution in [1.82, 2.24) is 0 Å². The molecule has 17 nitrogen and oxygen atoms in total. The largest absolute Gasteiger partial charge is 0.472 e. The van der Waals surface area contributed by atoms with Crippen molar-refractivity contribution in [2.24, 2.45) is 17.8 Å². The molecule has 19 heteroatoms. The number of phosphoric acid groups is 2. The molecule has 0 radical (unpaired) electrons. The molecule has 0 aliphatic heterocycles. The lowest BCUT2D eigenvalue weighted by molar-refractivity contribution is -0.161. The van der Waals surface area contributed by atoms with Crippen LogP contribution < -0.4 is 0 Å². The van der Waals surface area contributed by atoms with Gasteiger partial charge < -0.3 is 33.8 Å². The number of aliphatic hydroxyl groups excluding tert-OH is 1. The molecule has 0 spiro atoms. The molecule has 582 valence electrons. The Hall–Kier alpha value is -1.94. The van der Waals surface area contributed by atoms with Crippen LogP contribution in [0.4, 0.5) is 0 Å². The van der Waals surface area contributed by atoms with Gasteiger partial charge in [0.05, 0.1) is 26.4 Å². The van der Waals surface area contributed by atoms with Crippen molar-refractivity contribution >= 4 is 39.5 Å². The number of hydrogen-bond donors (Lipinski definition) is 3. The van der Waals surface area contributed by atoms with E-state index in [-0.39, 0.29) is 25.7 Å². The van der Waals surface area contributed by atoms with Gasteiger partial charge in [0, 0.05) is 25.7 Å². The summed E-state index contributed by atoms with van der Waals surface area (Å²) in [5.41, 5.74) is 0. The predicted octanol–water partition coefficient (Wildman–Crippen LogP) is 23.4. The van der Waals surface area contributed by atoms with E-state index in [1.54, 1.807) is 0 Å². The first-order chi connectivity index (χ1) is 47.3. The van der Waals surface area contributed by atoms with Crippen molar-refractivity contribution < 1.29 is 80.2 Å². The number of unbranched alkanes of at least 4 members (excludes halogenated alkanes) is 43. The normalized spacial score (nSPS) is 14.6. The molecule has 0 aliphatic carbocycles. The van der Waals surface area contributed by atoms with Gasteiger partial charge in [-0.25, -0.2) is 9.13 Å². The van der Waals surface area contributed by atoms with Crippen molar-refractivity contribution in [2.45, 2.75) is 426 Å². The fraction of sp³-hybridized carbons (Fsp3) is 0.949. The Morgan fingerprint density at radius 2 is 0.520 bits per heavy atom. The van der Waals surface area contributed by atoms with Gasteiger partial charge in [0.15, 0.2) is 12.2 Å². The van der Waals surface area contributed by atoms with E-state index in [9.17, 15) is 43.2 Å². The highest BCUT2D eigenvalue weighted by molar-refractivity contribution is 7.47. The molecule has 7 atom stereocenters. The molecule has 0 aliphatic rings. The van der Waals surface area contributed by atoms with Gasteiger partial charge in [-0.2, -0.15) is 0 Å². The van der Waals surface area contributed by atoms with Crippen molar-refractivity contribution in [3.05, 3.63) is 0 Å². The van der Waals surface area contributed by atoms with Gasteiger partial charge in [-0.05, 0) is 43.4 Å². The summed E-state index contributed by atoms with van der Waals surface area (Å²) >= 11 is 0. The van der Waals surface area contributed by atoms with Crippen molar-refractivity contribution in [2.75, 3.05) is 39.6 Å². The molecule has 0 amide bonds. The number of esters is 4. The average molecular weight is 1440 g/mol. The van der Waals surface area contributed by atoms with Gasteiger partial charge in [-0.15, -0.1) is 0 Å². The Morgan fingerprint density at radius 3 is 0.776 bits per heavy atom. The first-order valence-corrected chi connectivity index (χ1v) is 43.9. The number of rotatable bonds is 77. The van der Waals surface area contributed by atoms with Gasteiger partial charge in [0.25, 0.3) is 0 Å². The Bertz CT molecular complexity index is 1910. The molecule has 0 aromatic heterocycles. The molecule has 4 unspecified atom stereocenters. The van der Waals surface area contributed by atoms with Crippen LogP contribution in [0.1, 0.15) is 408 Å². The lowest BCUT2D eigenvalue weighted by Crippen LogP contribution is -2.30. The third kappa shape index (κ3) is 69.8. The average Bonchev–Trinajstić information content (AvgIpc) is 1.51. The summed E-state index contributed by atoms with van der Waals surface area (Å²) in [7, 11) is -9.92. The molecule has 98 heavy (non-hydrogen) atoms. The quantitative estimate of drug-likeness (QED) is 0.0222. The minimum atomic E-state index is -4.96. The minimum absolute atomic E-state index is 0.102. The summed E-state index contributed by atoms with van der Waals surface area (Å²) in [4.78, 5) is 72.9. The zero-order valence-corrected chi connectivity index (χ0v) is 66.0. The second-order valence-electron chi connectivity index (χ2n) is 29.4.